The molecule has 3 heterocycles. The predicted octanol–water partition coefficient (Wildman–Crippen LogP) is 2.52. The quantitative estimate of drug-likeness (QED) is 0.791. The summed E-state index contributed by atoms with van der Waals surface area (Å²) < 4.78 is 18.9. The second-order valence-corrected chi connectivity index (χ2v) is 7.61. The summed E-state index contributed by atoms with van der Waals surface area (Å²) in [6.45, 7) is 7.26. The van der Waals surface area contributed by atoms with Crippen LogP contribution in [0.4, 0.5) is 10.3 Å². The van der Waals surface area contributed by atoms with Crippen molar-refractivity contribution in [3.63, 3.8) is 0 Å². The zero-order chi connectivity index (χ0) is 19.2. The number of benzene rings is 1. The van der Waals surface area contributed by atoms with Gasteiger partial charge in [0.2, 0.25) is 5.95 Å². The molecule has 0 saturated carbocycles. The second-order valence-electron chi connectivity index (χ2n) is 7.61. The van der Waals surface area contributed by atoms with E-state index >= 15 is 0 Å². The van der Waals surface area contributed by atoms with E-state index in [1.54, 1.807) is 12.1 Å². The van der Waals surface area contributed by atoms with Crippen molar-refractivity contribution in [1.82, 2.24) is 19.8 Å². The van der Waals surface area contributed by atoms with Gasteiger partial charge >= 0.3 is 0 Å². The van der Waals surface area contributed by atoms with Crippen LogP contribution in [0, 0.1) is 5.82 Å². The molecule has 7 heteroatoms. The van der Waals surface area contributed by atoms with E-state index in [0.717, 1.165) is 76.4 Å². The molecule has 1 N–H and O–H groups in total. The Morgan fingerprint density at radius 3 is 2.39 bits per heavy atom. The largest absolute Gasteiger partial charge is 0.376 e. The summed E-state index contributed by atoms with van der Waals surface area (Å²) in [6, 6.07) is 6.88. The van der Waals surface area contributed by atoms with Crippen LogP contribution in [0.5, 0.6) is 0 Å². The first kappa shape index (κ1) is 19.2. The van der Waals surface area contributed by atoms with Gasteiger partial charge in [-0.1, -0.05) is 12.1 Å². The van der Waals surface area contributed by atoms with E-state index in [4.69, 9.17) is 4.74 Å². The molecule has 1 unspecified atom stereocenters. The summed E-state index contributed by atoms with van der Waals surface area (Å²) >= 11 is 0. The number of nitrogens with one attached hydrogen (secondary N) is 1. The van der Waals surface area contributed by atoms with Crippen LogP contribution in [-0.2, 0) is 17.8 Å². The van der Waals surface area contributed by atoms with Gasteiger partial charge in [0.1, 0.15) is 5.82 Å². The molecule has 0 aliphatic carbocycles. The zero-order valence-corrected chi connectivity index (χ0v) is 16.2. The molecule has 4 rings (SSSR count). The number of hydrogen-bond donors (Lipinski definition) is 1. The SMILES string of the molecule is Fc1cccc(CN2CCN(Cc3cnc(NCC4CCCO4)nc3)CC2)c1. The molecule has 1 aromatic heterocycles. The van der Waals surface area contributed by atoms with Gasteiger partial charge in [0.25, 0.3) is 0 Å². The summed E-state index contributed by atoms with van der Waals surface area (Å²) in [5.41, 5.74) is 2.16. The Morgan fingerprint density at radius 1 is 1.04 bits per heavy atom. The summed E-state index contributed by atoms with van der Waals surface area (Å²) in [6.07, 6.45) is 6.35. The molecule has 28 heavy (non-hydrogen) atoms. The van der Waals surface area contributed by atoms with Gasteiger partial charge in [-0.15, -0.1) is 0 Å². The Bertz CT molecular complexity index is 743. The van der Waals surface area contributed by atoms with Crippen molar-refractivity contribution in [2.24, 2.45) is 0 Å². The minimum atomic E-state index is -0.162. The lowest BCUT2D eigenvalue weighted by Gasteiger charge is -2.34. The fraction of sp³-hybridized carbons (Fsp3) is 0.524. The zero-order valence-electron chi connectivity index (χ0n) is 16.2. The highest BCUT2D eigenvalue weighted by Gasteiger charge is 2.18. The van der Waals surface area contributed by atoms with Crippen molar-refractivity contribution in [1.29, 1.82) is 0 Å². The lowest BCUT2D eigenvalue weighted by molar-refractivity contribution is 0.120. The van der Waals surface area contributed by atoms with E-state index in [9.17, 15) is 4.39 Å². The predicted molar refractivity (Wildman–Crippen MR) is 106 cm³/mol. The average Bonchev–Trinajstić information content (AvgIpc) is 3.23. The molecule has 2 aromatic rings. The van der Waals surface area contributed by atoms with Gasteiger partial charge in [-0.2, -0.15) is 0 Å². The third kappa shape index (κ3) is 5.47. The van der Waals surface area contributed by atoms with Gasteiger partial charge in [0.15, 0.2) is 0 Å². The van der Waals surface area contributed by atoms with Crippen molar-refractivity contribution >= 4 is 5.95 Å². The Kier molecular flexibility index (Phi) is 6.46. The Balaban J connectivity index is 1.20. The highest BCUT2D eigenvalue weighted by Crippen LogP contribution is 2.14. The monoisotopic (exact) mass is 385 g/mol. The molecular formula is C21H28FN5O. The fourth-order valence-corrected chi connectivity index (χ4v) is 3.80. The Hall–Kier alpha value is -2.09. The number of piperazine rings is 1. The van der Waals surface area contributed by atoms with Gasteiger partial charge in [0, 0.05) is 70.4 Å². The minimum Gasteiger partial charge on any atom is -0.376 e. The molecule has 2 aliphatic rings. The van der Waals surface area contributed by atoms with Crippen molar-refractivity contribution in [3.8, 4) is 0 Å². The molecule has 2 saturated heterocycles. The minimum absolute atomic E-state index is 0.162. The first-order valence-corrected chi connectivity index (χ1v) is 10.1. The molecule has 0 amide bonds. The van der Waals surface area contributed by atoms with Crippen molar-refractivity contribution in [3.05, 3.63) is 53.6 Å². The summed E-state index contributed by atoms with van der Waals surface area (Å²) in [4.78, 5) is 13.7. The van der Waals surface area contributed by atoms with E-state index < -0.39 is 0 Å². The lowest BCUT2D eigenvalue weighted by atomic mass is 10.2. The van der Waals surface area contributed by atoms with Gasteiger partial charge in [-0.3, -0.25) is 9.80 Å². The fourth-order valence-electron chi connectivity index (χ4n) is 3.80. The number of ether oxygens (including phenoxy) is 1. The topological polar surface area (TPSA) is 53.5 Å². The molecule has 1 atom stereocenters. The van der Waals surface area contributed by atoms with Crippen molar-refractivity contribution < 1.29 is 9.13 Å². The Morgan fingerprint density at radius 2 is 1.75 bits per heavy atom. The second kappa shape index (κ2) is 9.41. The molecule has 150 valence electrons. The standard InChI is InChI=1S/C21H28FN5O/c22-19-4-1-3-17(11-19)15-26-6-8-27(9-7-26)16-18-12-23-21(24-13-18)25-14-20-5-2-10-28-20/h1,3-4,11-13,20H,2,5-10,14-16H2,(H,23,24,25). The Labute approximate surface area is 165 Å². The van der Waals surface area contributed by atoms with E-state index in [2.05, 4.69) is 25.1 Å². The average molecular weight is 385 g/mol. The third-order valence-corrected chi connectivity index (χ3v) is 5.38. The molecule has 2 aliphatic heterocycles. The number of hydrogen-bond acceptors (Lipinski definition) is 6. The molecule has 6 nitrogen and oxygen atoms in total. The number of rotatable bonds is 7. The smallest absolute Gasteiger partial charge is 0.222 e. The highest BCUT2D eigenvalue weighted by atomic mass is 19.1. The molecular weight excluding hydrogens is 357 g/mol. The van der Waals surface area contributed by atoms with Gasteiger partial charge < -0.3 is 10.1 Å². The first-order chi connectivity index (χ1) is 13.7. The van der Waals surface area contributed by atoms with E-state index in [-0.39, 0.29) is 11.9 Å². The van der Waals surface area contributed by atoms with Crippen molar-refractivity contribution in [2.75, 3.05) is 44.6 Å². The van der Waals surface area contributed by atoms with Gasteiger partial charge in [-0.25, -0.2) is 14.4 Å². The number of nitrogens with zero attached hydrogens (tertiary/aromatic N) is 4. The van der Waals surface area contributed by atoms with Crippen LogP contribution in [-0.4, -0.2) is 65.2 Å². The highest BCUT2D eigenvalue weighted by molar-refractivity contribution is 5.25. The van der Waals surface area contributed by atoms with Crippen LogP contribution in [0.2, 0.25) is 0 Å². The van der Waals surface area contributed by atoms with Crippen LogP contribution in [0.3, 0.4) is 0 Å². The van der Waals surface area contributed by atoms with E-state index in [0.29, 0.717) is 5.95 Å². The maximum absolute atomic E-state index is 13.3. The molecule has 2 fully saturated rings. The number of halogens is 1. The van der Waals surface area contributed by atoms with Crippen LogP contribution < -0.4 is 5.32 Å². The van der Waals surface area contributed by atoms with Crippen molar-refractivity contribution in [2.45, 2.75) is 32.0 Å². The van der Waals surface area contributed by atoms with E-state index in [1.165, 1.54) is 6.07 Å². The normalized spacial score (nSPS) is 21.1. The van der Waals surface area contributed by atoms with Crippen LogP contribution in [0.25, 0.3) is 0 Å². The lowest BCUT2D eigenvalue weighted by Crippen LogP contribution is -2.45. The van der Waals surface area contributed by atoms with Gasteiger partial charge in [-0.05, 0) is 30.5 Å². The maximum Gasteiger partial charge on any atom is 0.222 e. The van der Waals surface area contributed by atoms with Crippen LogP contribution in [0.1, 0.15) is 24.0 Å². The summed E-state index contributed by atoms with van der Waals surface area (Å²) in [5, 5.41) is 3.26. The number of anilines is 1. The van der Waals surface area contributed by atoms with E-state index in [1.807, 2.05) is 18.5 Å². The first-order valence-electron chi connectivity index (χ1n) is 10.1. The molecule has 1 aromatic carbocycles. The summed E-state index contributed by atoms with van der Waals surface area (Å²) in [7, 11) is 0. The molecule has 0 bridgehead atoms. The maximum atomic E-state index is 13.3. The third-order valence-electron chi connectivity index (χ3n) is 5.38. The van der Waals surface area contributed by atoms with Gasteiger partial charge in [0.05, 0.1) is 6.10 Å². The molecule has 0 radical (unpaired) electrons. The van der Waals surface area contributed by atoms with Crippen LogP contribution >= 0.6 is 0 Å². The van der Waals surface area contributed by atoms with Crippen LogP contribution in [0.15, 0.2) is 36.7 Å². The molecule has 0 spiro atoms. The number of aromatic nitrogens is 2. The summed E-state index contributed by atoms with van der Waals surface area (Å²) in [5.74, 6) is 0.504.